The second-order valence-electron chi connectivity index (χ2n) is 5.72. The Morgan fingerprint density at radius 1 is 1.12 bits per heavy atom. The van der Waals surface area contributed by atoms with Crippen LogP contribution in [0.3, 0.4) is 0 Å². The third kappa shape index (κ3) is 2.47. The number of aromatic nitrogens is 3. The van der Waals surface area contributed by atoms with Crippen LogP contribution in [0.1, 0.15) is 10.5 Å². The summed E-state index contributed by atoms with van der Waals surface area (Å²) >= 11 is 0. The number of H-pyrrole nitrogens is 1. The molecule has 1 amide bonds. The van der Waals surface area contributed by atoms with Gasteiger partial charge in [0, 0.05) is 38.6 Å². The standard InChI is InChI=1S/C17H16FN5O/c18-13-3-1-2-4-15(13)22-7-9-23(10-8-22)17(24)16-12-11-19-6-5-14(12)20-21-16/h1-6,11H,7-10H2,(H,20,21). The van der Waals surface area contributed by atoms with Gasteiger partial charge in [0.1, 0.15) is 5.82 Å². The van der Waals surface area contributed by atoms with E-state index in [1.807, 2.05) is 11.0 Å². The Hall–Kier alpha value is -2.96. The first-order valence-corrected chi connectivity index (χ1v) is 7.81. The second kappa shape index (κ2) is 5.92. The van der Waals surface area contributed by atoms with Crippen LogP contribution >= 0.6 is 0 Å². The van der Waals surface area contributed by atoms with Crippen molar-refractivity contribution in [1.29, 1.82) is 0 Å². The molecular formula is C17H16FN5O. The number of nitrogens with one attached hydrogen (secondary N) is 1. The normalized spacial score (nSPS) is 15.0. The summed E-state index contributed by atoms with van der Waals surface area (Å²) < 4.78 is 13.9. The van der Waals surface area contributed by atoms with Crippen LogP contribution in [0.15, 0.2) is 42.7 Å². The number of pyridine rings is 1. The minimum atomic E-state index is -0.235. The molecule has 0 bridgehead atoms. The van der Waals surface area contributed by atoms with E-state index in [1.165, 1.54) is 6.07 Å². The molecule has 6 nitrogen and oxygen atoms in total. The lowest BCUT2D eigenvalue weighted by atomic mass is 10.2. The molecule has 122 valence electrons. The SMILES string of the molecule is O=C(c1n[nH]c2ccncc12)N1CCN(c2ccccc2F)CC1. The molecule has 1 aromatic carbocycles. The summed E-state index contributed by atoms with van der Waals surface area (Å²) in [5, 5.41) is 7.71. The van der Waals surface area contributed by atoms with Crippen LogP contribution in [0.2, 0.25) is 0 Å². The van der Waals surface area contributed by atoms with Crippen LogP contribution in [0, 0.1) is 5.82 Å². The van der Waals surface area contributed by atoms with Gasteiger partial charge in [-0.1, -0.05) is 12.1 Å². The number of anilines is 1. The third-order valence-corrected chi connectivity index (χ3v) is 4.33. The molecule has 0 spiro atoms. The van der Waals surface area contributed by atoms with E-state index in [0.29, 0.717) is 37.6 Å². The van der Waals surface area contributed by atoms with Crippen molar-refractivity contribution in [2.75, 3.05) is 31.1 Å². The largest absolute Gasteiger partial charge is 0.366 e. The number of rotatable bonds is 2. The lowest BCUT2D eigenvalue weighted by Gasteiger charge is -2.35. The van der Waals surface area contributed by atoms with E-state index in [-0.39, 0.29) is 11.7 Å². The Labute approximate surface area is 137 Å². The van der Waals surface area contributed by atoms with Crippen LogP contribution in [0.25, 0.3) is 10.9 Å². The van der Waals surface area contributed by atoms with Crippen LogP contribution in [0.4, 0.5) is 10.1 Å². The summed E-state index contributed by atoms with van der Waals surface area (Å²) in [5.74, 6) is -0.357. The van der Waals surface area contributed by atoms with Crippen molar-refractivity contribution < 1.29 is 9.18 Å². The highest BCUT2D eigenvalue weighted by molar-refractivity contribution is 6.04. The lowest BCUT2D eigenvalue weighted by Crippen LogP contribution is -2.49. The van der Waals surface area contributed by atoms with Gasteiger partial charge in [-0.25, -0.2) is 4.39 Å². The summed E-state index contributed by atoms with van der Waals surface area (Å²) in [4.78, 5) is 20.5. The van der Waals surface area contributed by atoms with E-state index in [4.69, 9.17) is 0 Å². The maximum atomic E-state index is 13.9. The molecule has 1 fully saturated rings. The Kier molecular flexibility index (Phi) is 3.60. The summed E-state index contributed by atoms with van der Waals surface area (Å²) in [6, 6.07) is 8.50. The molecule has 24 heavy (non-hydrogen) atoms. The Morgan fingerprint density at radius 2 is 1.92 bits per heavy atom. The number of hydrogen-bond acceptors (Lipinski definition) is 4. The van der Waals surface area contributed by atoms with E-state index in [0.717, 1.165) is 10.9 Å². The topological polar surface area (TPSA) is 65.1 Å². The van der Waals surface area contributed by atoms with Crippen LogP contribution in [-0.2, 0) is 0 Å². The van der Waals surface area contributed by atoms with Gasteiger partial charge in [0.25, 0.3) is 5.91 Å². The fraction of sp³-hybridized carbons (Fsp3) is 0.235. The average Bonchev–Trinajstić information content (AvgIpc) is 3.06. The van der Waals surface area contributed by atoms with Gasteiger partial charge in [-0.05, 0) is 18.2 Å². The van der Waals surface area contributed by atoms with Crippen molar-refractivity contribution in [2.24, 2.45) is 0 Å². The van der Waals surface area contributed by atoms with Crippen molar-refractivity contribution in [2.45, 2.75) is 0 Å². The van der Waals surface area contributed by atoms with Gasteiger partial charge in [0.05, 0.1) is 16.6 Å². The number of hydrogen-bond donors (Lipinski definition) is 1. The number of nitrogens with zero attached hydrogens (tertiary/aromatic N) is 4. The molecule has 1 aliphatic heterocycles. The number of para-hydroxylation sites is 1. The summed E-state index contributed by atoms with van der Waals surface area (Å²) in [6.07, 6.45) is 3.30. The van der Waals surface area contributed by atoms with Gasteiger partial charge in [-0.15, -0.1) is 0 Å². The van der Waals surface area contributed by atoms with Crippen molar-refractivity contribution >= 4 is 22.5 Å². The Bertz CT molecular complexity index is 885. The van der Waals surface area contributed by atoms with E-state index < -0.39 is 0 Å². The van der Waals surface area contributed by atoms with Gasteiger partial charge < -0.3 is 9.80 Å². The van der Waals surface area contributed by atoms with E-state index in [1.54, 1.807) is 35.5 Å². The fourth-order valence-electron chi connectivity index (χ4n) is 3.03. The molecule has 1 N–H and O–H groups in total. The van der Waals surface area contributed by atoms with E-state index in [2.05, 4.69) is 15.2 Å². The molecule has 0 atom stereocenters. The van der Waals surface area contributed by atoms with Crippen molar-refractivity contribution in [3.05, 3.63) is 54.2 Å². The van der Waals surface area contributed by atoms with Crippen LogP contribution in [-0.4, -0.2) is 52.2 Å². The lowest BCUT2D eigenvalue weighted by molar-refractivity contribution is 0.0742. The van der Waals surface area contributed by atoms with Gasteiger partial charge >= 0.3 is 0 Å². The molecule has 1 saturated heterocycles. The molecule has 7 heteroatoms. The molecule has 0 unspecified atom stereocenters. The van der Waals surface area contributed by atoms with E-state index in [9.17, 15) is 9.18 Å². The second-order valence-corrected chi connectivity index (χ2v) is 5.72. The molecule has 0 radical (unpaired) electrons. The first kappa shape index (κ1) is 14.6. The maximum absolute atomic E-state index is 13.9. The zero-order valence-corrected chi connectivity index (χ0v) is 12.9. The zero-order valence-electron chi connectivity index (χ0n) is 12.9. The van der Waals surface area contributed by atoms with Crippen LogP contribution in [0.5, 0.6) is 0 Å². The molecule has 0 aliphatic carbocycles. The number of amides is 1. The quantitative estimate of drug-likeness (QED) is 0.783. The zero-order chi connectivity index (χ0) is 16.5. The summed E-state index contributed by atoms with van der Waals surface area (Å²) in [7, 11) is 0. The minimum Gasteiger partial charge on any atom is -0.366 e. The third-order valence-electron chi connectivity index (χ3n) is 4.33. The highest BCUT2D eigenvalue weighted by atomic mass is 19.1. The number of fused-ring (bicyclic) bond motifs is 1. The predicted octanol–water partition coefficient (Wildman–Crippen LogP) is 2.06. The highest BCUT2D eigenvalue weighted by Gasteiger charge is 2.26. The molecule has 1 aliphatic rings. The Morgan fingerprint density at radius 3 is 2.71 bits per heavy atom. The number of carbonyl (C=O) groups is 1. The summed E-state index contributed by atoms with van der Waals surface area (Å²) in [6.45, 7) is 2.24. The van der Waals surface area contributed by atoms with Gasteiger partial charge in [-0.2, -0.15) is 5.10 Å². The van der Waals surface area contributed by atoms with E-state index >= 15 is 0 Å². The molecule has 0 saturated carbocycles. The van der Waals surface area contributed by atoms with Crippen molar-refractivity contribution in [3.8, 4) is 0 Å². The van der Waals surface area contributed by atoms with Gasteiger partial charge in [-0.3, -0.25) is 14.9 Å². The van der Waals surface area contributed by atoms with Crippen molar-refractivity contribution in [3.63, 3.8) is 0 Å². The maximum Gasteiger partial charge on any atom is 0.275 e. The average molecular weight is 325 g/mol. The number of benzene rings is 1. The molecular weight excluding hydrogens is 309 g/mol. The van der Waals surface area contributed by atoms with Gasteiger partial charge in [0.15, 0.2) is 5.69 Å². The number of aromatic amines is 1. The highest BCUT2D eigenvalue weighted by Crippen LogP contribution is 2.21. The predicted molar refractivity (Wildman–Crippen MR) is 88.4 cm³/mol. The molecule has 4 rings (SSSR count). The molecule has 3 heterocycles. The monoisotopic (exact) mass is 325 g/mol. The number of halogens is 1. The smallest absolute Gasteiger partial charge is 0.275 e. The fourth-order valence-corrected chi connectivity index (χ4v) is 3.03. The minimum absolute atomic E-state index is 0.123. The first-order chi connectivity index (χ1) is 11.7. The molecule has 3 aromatic rings. The summed E-state index contributed by atoms with van der Waals surface area (Å²) in [5.41, 5.74) is 1.76. The van der Waals surface area contributed by atoms with Crippen molar-refractivity contribution in [1.82, 2.24) is 20.1 Å². The number of piperazine rings is 1. The van der Waals surface area contributed by atoms with Crippen LogP contribution < -0.4 is 4.90 Å². The van der Waals surface area contributed by atoms with Gasteiger partial charge in [0.2, 0.25) is 0 Å². The number of carbonyl (C=O) groups excluding carboxylic acids is 1. The molecule has 2 aromatic heterocycles. The Balaban J connectivity index is 1.50. The first-order valence-electron chi connectivity index (χ1n) is 7.81.